The van der Waals surface area contributed by atoms with Gasteiger partial charge >= 0.3 is 0 Å². The van der Waals surface area contributed by atoms with Crippen molar-refractivity contribution in [3.63, 3.8) is 0 Å². The molecule has 0 bridgehead atoms. The molecule has 0 radical (unpaired) electrons. The van der Waals surface area contributed by atoms with E-state index in [0.717, 1.165) is 16.8 Å². The second-order valence-electron chi connectivity index (χ2n) is 5.55. The van der Waals surface area contributed by atoms with E-state index in [9.17, 15) is 0 Å². The first-order chi connectivity index (χ1) is 12.5. The Morgan fingerprint density at radius 1 is 0.852 bits per heavy atom. The van der Waals surface area contributed by atoms with Gasteiger partial charge in [0, 0.05) is 16.3 Å². The van der Waals surface area contributed by atoms with Gasteiger partial charge in [-0.3, -0.25) is 0 Å². The smallest absolute Gasteiger partial charge is 0.245 e. The maximum Gasteiger partial charge on any atom is 0.245 e. The molecule has 7 nitrogen and oxygen atoms in total. The molecule has 0 aliphatic heterocycles. The van der Waals surface area contributed by atoms with Gasteiger partial charge in [0.15, 0.2) is 5.82 Å². The predicted molar refractivity (Wildman–Crippen MR) is 107 cm³/mol. The molecule has 10 heteroatoms. The Labute approximate surface area is 169 Å². The lowest BCUT2D eigenvalue weighted by Gasteiger charge is -2.11. The highest BCUT2D eigenvalue weighted by molar-refractivity contribution is 6.42. The first-order valence-electron chi connectivity index (χ1n) is 7.50. The van der Waals surface area contributed by atoms with Gasteiger partial charge in [-0.2, -0.15) is 0 Å². The average Bonchev–Trinajstić information content (AvgIpc) is 3.07. The van der Waals surface area contributed by atoms with Gasteiger partial charge in [-0.05, 0) is 53.1 Å². The van der Waals surface area contributed by atoms with Crippen molar-refractivity contribution in [3.8, 4) is 11.3 Å². The summed E-state index contributed by atoms with van der Waals surface area (Å²) in [7, 11) is 0. The predicted octanol–water partition coefficient (Wildman–Crippen LogP) is 5.85. The fraction of sp³-hybridized carbons (Fsp3) is 0.0588. The maximum atomic E-state index is 6.15. The number of halogens is 3. The molecule has 4 rings (SSSR count). The number of benzene rings is 2. The van der Waals surface area contributed by atoms with Crippen molar-refractivity contribution in [1.29, 1.82) is 0 Å². The Morgan fingerprint density at radius 3 is 2.26 bits per heavy atom. The quantitative estimate of drug-likeness (QED) is 0.424. The Morgan fingerprint density at radius 2 is 1.56 bits per heavy atom. The van der Waals surface area contributed by atoms with Crippen molar-refractivity contribution in [2.45, 2.75) is 6.92 Å². The fourth-order valence-corrected chi connectivity index (χ4v) is 2.84. The van der Waals surface area contributed by atoms with E-state index in [1.165, 1.54) is 0 Å². The van der Waals surface area contributed by atoms with Crippen molar-refractivity contribution in [2.24, 2.45) is 0 Å². The van der Waals surface area contributed by atoms with Gasteiger partial charge < -0.3 is 11.5 Å². The van der Waals surface area contributed by atoms with Crippen LogP contribution < -0.4 is 11.5 Å². The van der Waals surface area contributed by atoms with Gasteiger partial charge in [0.2, 0.25) is 11.3 Å². The van der Waals surface area contributed by atoms with Crippen LogP contribution in [-0.4, -0.2) is 20.3 Å². The first-order valence-corrected chi connectivity index (χ1v) is 8.63. The number of rotatable bonds is 3. The zero-order chi connectivity index (χ0) is 18.3. The molecule has 4 aromatic rings. The van der Waals surface area contributed by atoms with Crippen molar-refractivity contribution < 1.29 is 4.63 Å². The number of nitrogens with one attached hydrogen (secondary N) is 1. The van der Waals surface area contributed by atoms with E-state index < -0.39 is 0 Å². The topological polar surface area (TPSA) is 112 Å². The van der Waals surface area contributed by atoms with E-state index in [0.29, 0.717) is 37.9 Å². The van der Waals surface area contributed by atoms with Crippen LogP contribution in [0.5, 0.6) is 0 Å². The van der Waals surface area contributed by atoms with Crippen LogP contribution in [0.4, 0.5) is 11.5 Å². The van der Waals surface area contributed by atoms with Crippen LogP contribution in [0.25, 0.3) is 22.6 Å². The third-order valence-corrected chi connectivity index (χ3v) is 4.89. The number of fused-ring (bicyclic) bond motifs is 1. The number of aryl methyl sites for hydroxylation is 1. The Bertz CT molecular complexity index is 1130. The van der Waals surface area contributed by atoms with Gasteiger partial charge in [-0.15, -0.1) is 0 Å². The lowest BCUT2D eigenvalue weighted by Crippen LogP contribution is -2.00. The molecule has 0 unspecified atom stereocenters. The zero-order valence-electron chi connectivity index (χ0n) is 14.0. The van der Waals surface area contributed by atoms with E-state index in [4.69, 9.17) is 39.4 Å². The molecule has 0 amide bonds. The summed E-state index contributed by atoms with van der Waals surface area (Å²) in [5.41, 5.74) is 3.60. The van der Waals surface area contributed by atoms with Gasteiger partial charge in [0.05, 0.1) is 10.0 Å². The van der Waals surface area contributed by atoms with Gasteiger partial charge in [0.25, 0.3) is 0 Å². The molecule has 4 N–H and O–H groups in total. The van der Waals surface area contributed by atoms with Crippen molar-refractivity contribution in [3.05, 3.63) is 57.0 Å². The largest absolute Gasteiger partial charge is 0.344 e. The summed E-state index contributed by atoms with van der Waals surface area (Å²) < 4.78 is 4.72. The second-order valence-corrected chi connectivity index (χ2v) is 6.77. The maximum absolute atomic E-state index is 6.15. The van der Waals surface area contributed by atoms with Crippen LogP contribution in [0.15, 0.2) is 41.0 Å². The monoisotopic (exact) mass is 422 g/mol. The highest BCUT2D eigenvalue weighted by atomic mass is 35.5. The standard InChI is InChI=1S/C17H10Cl3N5O.H3N/c1-8-6-10(3-5-11(8)18)21-15-14(9-2-4-12(19)13(20)7-9)22-16-17(23-15)25-26-24-16;/h2-7H,1H3,(H,21,23,25);1H3. The van der Waals surface area contributed by atoms with E-state index in [1.807, 2.05) is 25.1 Å². The van der Waals surface area contributed by atoms with Crippen LogP contribution >= 0.6 is 34.8 Å². The zero-order valence-corrected chi connectivity index (χ0v) is 16.3. The van der Waals surface area contributed by atoms with E-state index in [-0.39, 0.29) is 6.15 Å². The highest BCUT2D eigenvalue weighted by Crippen LogP contribution is 2.33. The molecule has 0 fully saturated rings. The van der Waals surface area contributed by atoms with E-state index in [1.54, 1.807) is 18.2 Å². The van der Waals surface area contributed by atoms with Crippen LogP contribution in [0, 0.1) is 6.92 Å². The number of aromatic nitrogens is 4. The minimum Gasteiger partial charge on any atom is -0.344 e. The molecule has 2 aromatic carbocycles. The Balaban J connectivity index is 0.00000210. The molecular weight excluding hydrogens is 411 g/mol. The summed E-state index contributed by atoms with van der Waals surface area (Å²) in [5.74, 6) is 0.480. The third kappa shape index (κ3) is 3.81. The van der Waals surface area contributed by atoms with E-state index >= 15 is 0 Å². The van der Waals surface area contributed by atoms with Crippen molar-refractivity contribution in [1.82, 2.24) is 26.4 Å². The number of hydrogen-bond donors (Lipinski definition) is 2. The molecule has 27 heavy (non-hydrogen) atoms. The van der Waals surface area contributed by atoms with Crippen molar-refractivity contribution >= 4 is 57.6 Å². The Kier molecular flexibility index (Phi) is 5.48. The summed E-state index contributed by atoms with van der Waals surface area (Å²) in [6.07, 6.45) is 0. The van der Waals surface area contributed by atoms with Crippen molar-refractivity contribution in [2.75, 3.05) is 5.32 Å². The third-order valence-electron chi connectivity index (χ3n) is 3.73. The summed E-state index contributed by atoms with van der Waals surface area (Å²) in [6, 6.07) is 10.8. The van der Waals surface area contributed by atoms with Crippen LogP contribution in [-0.2, 0) is 0 Å². The number of anilines is 2. The highest BCUT2D eigenvalue weighted by Gasteiger charge is 2.16. The molecule has 0 saturated heterocycles. The van der Waals surface area contributed by atoms with Crippen LogP contribution in [0.2, 0.25) is 15.1 Å². The summed E-state index contributed by atoms with van der Waals surface area (Å²) in [4.78, 5) is 8.95. The first kappa shape index (κ1) is 19.3. The molecule has 2 heterocycles. The lowest BCUT2D eigenvalue weighted by molar-refractivity contribution is 0.314. The Hall–Kier alpha value is -2.45. The fourth-order valence-electron chi connectivity index (χ4n) is 2.43. The number of hydrogen-bond acceptors (Lipinski definition) is 7. The van der Waals surface area contributed by atoms with E-state index in [2.05, 4.69) is 25.6 Å². The van der Waals surface area contributed by atoms with Crippen LogP contribution in [0.1, 0.15) is 5.56 Å². The average molecular weight is 424 g/mol. The molecular formula is C17H13Cl3N6O. The molecule has 138 valence electrons. The molecule has 0 saturated carbocycles. The number of nitrogens with zero attached hydrogens (tertiary/aromatic N) is 4. The minimum absolute atomic E-state index is 0. The molecule has 0 aliphatic rings. The normalized spacial score (nSPS) is 10.7. The summed E-state index contributed by atoms with van der Waals surface area (Å²) in [6.45, 7) is 1.92. The van der Waals surface area contributed by atoms with Gasteiger partial charge in [-0.1, -0.05) is 40.9 Å². The summed E-state index contributed by atoms with van der Waals surface area (Å²) in [5, 5.41) is 12.3. The second kappa shape index (κ2) is 7.66. The molecule has 0 atom stereocenters. The molecule has 0 aliphatic carbocycles. The summed E-state index contributed by atoms with van der Waals surface area (Å²) >= 11 is 18.3. The van der Waals surface area contributed by atoms with Crippen LogP contribution in [0.3, 0.4) is 0 Å². The minimum atomic E-state index is 0. The molecule has 2 aromatic heterocycles. The molecule has 0 spiro atoms. The SMILES string of the molecule is Cc1cc(Nc2nc3nonc3nc2-c2ccc(Cl)c(Cl)c2)ccc1Cl.N. The lowest BCUT2D eigenvalue weighted by atomic mass is 10.1. The van der Waals surface area contributed by atoms with Gasteiger partial charge in [0.1, 0.15) is 5.69 Å². The van der Waals surface area contributed by atoms with Gasteiger partial charge in [-0.25, -0.2) is 14.6 Å².